The van der Waals surface area contributed by atoms with E-state index in [1.54, 1.807) is 0 Å². The zero-order chi connectivity index (χ0) is 18.2. The lowest BCUT2D eigenvalue weighted by molar-refractivity contribution is 0.729. The molecule has 1 aromatic heterocycles. The molecule has 2 aromatic rings. The van der Waals surface area contributed by atoms with Gasteiger partial charge < -0.3 is 10.6 Å². The van der Waals surface area contributed by atoms with Crippen LogP contribution in [0.5, 0.6) is 0 Å². The van der Waals surface area contributed by atoms with Crippen molar-refractivity contribution < 1.29 is 0 Å². The molecule has 1 heterocycles. The molecule has 0 saturated heterocycles. The number of aromatic nitrogens is 2. The molecule has 0 amide bonds. The lowest BCUT2D eigenvalue weighted by Gasteiger charge is -2.11. The van der Waals surface area contributed by atoms with Crippen LogP contribution in [0.1, 0.15) is 29.4 Å². The molecule has 0 atom stereocenters. The van der Waals surface area contributed by atoms with Gasteiger partial charge in [0.15, 0.2) is 5.96 Å². The summed E-state index contributed by atoms with van der Waals surface area (Å²) in [7, 11) is 1.98. The number of rotatable bonds is 7. The van der Waals surface area contributed by atoms with E-state index in [2.05, 4.69) is 47.6 Å². The fourth-order valence-corrected chi connectivity index (χ4v) is 3.03. The van der Waals surface area contributed by atoms with Crippen molar-refractivity contribution in [2.45, 2.75) is 33.6 Å². The molecule has 0 radical (unpaired) electrons. The molecule has 2 rings (SSSR count). The molecule has 1 aromatic carbocycles. The van der Waals surface area contributed by atoms with E-state index < -0.39 is 0 Å². The predicted molar refractivity (Wildman–Crippen MR) is 106 cm³/mol. The van der Waals surface area contributed by atoms with Crippen LogP contribution in [-0.2, 0) is 19.9 Å². The van der Waals surface area contributed by atoms with E-state index in [0.717, 1.165) is 49.2 Å². The molecule has 25 heavy (non-hydrogen) atoms. The molecule has 136 valence electrons. The smallest absolute Gasteiger partial charge is 0.191 e. The second kappa shape index (κ2) is 9.47. The molecular formula is C19H28ClN5. The Morgan fingerprint density at radius 3 is 2.68 bits per heavy atom. The maximum atomic E-state index is 6.03. The SMILES string of the molecule is CCNC(=NCCc1c(C)nn(C)c1C)NCCc1cccc(Cl)c1. The minimum absolute atomic E-state index is 0.736. The van der Waals surface area contributed by atoms with Crippen LogP contribution in [-0.4, -0.2) is 35.4 Å². The standard InChI is InChI=1S/C19H28ClN5/c1-5-21-19(22-11-9-16-7-6-8-17(20)13-16)23-12-10-18-14(2)24-25(4)15(18)3/h6-8,13H,5,9-12H2,1-4H3,(H2,21,22,23). The Balaban J connectivity index is 1.87. The van der Waals surface area contributed by atoms with Crippen molar-refractivity contribution in [1.29, 1.82) is 0 Å². The Kier molecular flexibility index (Phi) is 7.31. The predicted octanol–water partition coefficient (Wildman–Crippen LogP) is 3.03. The fraction of sp³-hybridized carbons (Fsp3) is 0.474. The highest BCUT2D eigenvalue weighted by Crippen LogP contribution is 2.12. The van der Waals surface area contributed by atoms with E-state index in [0.29, 0.717) is 0 Å². The van der Waals surface area contributed by atoms with E-state index in [4.69, 9.17) is 11.6 Å². The number of aliphatic imine (C=N–C) groups is 1. The Bertz CT molecular complexity index is 721. The second-order valence-electron chi connectivity index (χ2n) is 6.09. The molecule has 0 aliphatic heterocycles. The average Bonchev–Trinajstić information content (AvgIpc) is 2.81. The lowest BCUT2D eigenvalue weighted by Crippen LogP contribution is -2.38. The van der Waals surface area contributed by atoms with Gasteiger partial charge in [-0.2, -0.15) is 5.10 Å². The number of hydrogen-bond acceptors (Lipinski definition) is 2. The first-order valence-electron chi connectivity index (χ1n) is 8.77. The summed E-state index contributed by atoms with van der Waals surface area (Å²) in [5, 5.41) is 11.9. The van der Waals surface area contributed by atoms with Crippen LogP contribution in [0.2, 0.25) is 5.02 Å². The van der Waals surface area contributed by atoms with Gasteiger partial charge in [0.25, 0.3) is 0 Å². The van der Waals surface area contributed by atoms with Crippen LogP contribution in [0.25, 0.3) is 0 Å². The summed E-state index contributed by atoms with van der Waals surface area (Å²) in [6.45, 7) is 8.63. The Labute approximate surface area is 155 Å². The van der Waals surface area contributed by atoms with Gasteiger partial charge >= 0.3 is 0 Å². The number of hydrogen-bond donors (Lipinski definition) is 2. The van der Waals surface area contributed by atoms with Crippen LogP contribution in [0, 0.1) is 13.8 Å². The third-order valence-electron chi connectivity index (χ3n) is 4.23. The average molecular weight is 362 g/mol. The Hall–Kier alpha value is -2.01. The van der Waals surface area contributed by atoms with E-state index in [1.165, 1.54) is 16.8 Å². The third kappa shape index (κ3) is 5.78. The summed E-state index contributed by atoms with van der Waals surface area (Å²) >= 11 is 6.03. The number of aryl methyl sites for hydroxylation is 2. The molecular weight excluding hydrogens is 334 g/mol. The Morgan fingerprint density at radius 2 is 2.04 bits per heavy atom. The molecule has 0 aliphatic carbocycles. The van der Waals surface area contributed by atoms with Crippen LogP contribution < -0.4 is 10.6 Å². The number of benzene rings is 1. The largest absolute Gasteiger partial charge is 0.357 e. The summed E-state index contributed by atoms with van der Waals surface area (Å²) < 4.78 is 1.93. The van der Waals surface area contributed by atoms with Gasteiger partial charge in [0.1, 0.15) is 0 Å². The zero-order valence-electron chi connectivity index (χ0n) is 15.6. The van der Waals surface area contributed by atoms with Crippen molar-refractivity contribution in [3.63, 3.8) is 0 Å². The third-order valence-corrected chi connectivity index (χ3v) is 4.47. The molecule has 0 spiro atoms. The van der Waals surface area contributed by atoms with Crippen LogP contribution in [0.15, 0.2) is 29.3 Å². The second-order valence-corrected chi connectivity index (χ2v) is 6.53. The van der Waals surface area contributed by atoms with Gasteiger partial charge in [-0.3, -0.25) is 9.67 Å². The topological polar surface area (TPSA) is 54.2 Å². The summed E-state index contributed by atoms with van der Waals surface area (Å²) in [6.07, 6.45) is 1.81. The lowest BCUT2D eigenvalue weighted by atomic mass is 10.1. The van der Waals surface area contributed by atoms with Crippen molar-refractivity contribution in [3.8, 4) is 0 Å². The quantitative estimate of drug-likeness (QED) is 0.588. The summed E-state index contributed by atoms with van der Waals surface area (Å²) in [6, 6.07) is 7.97. The van der Waals surface area contributed by atoms with Crippen molar-refractivity contribution in [3.05, 3.63) is 51.8 Å². The molecule has 2 N–H and O–H groups in total. The highest BCUT2D eigenvalue weighted by Gasteiger charge is 2.08. The van der Waals surface area contributed by atoms with Gasteiger partial charge in [-0.05, 0) is 56.9 Å². The molecule has 0 fully saturated rings. The number of halogens is 1. The summed E-state index contributed by atoms with van der Waals surface area (Å²) in [5.74, 6) is 0.851. The van der Waals surface area contributed by atoms with E-state index in [-0.39, 0.29) is 0 Å². The van der Waals surface area contributed by atoms with Crippen LogP contribution in [0.3, 0.4) is 0 Å². The molecule has 0 aliphatic rings. The summed E-state index contributed by atoms with van der Waals surface area (Å²) in [4.78, 5) is 4.68. The first-order chi connectivity index (χ1) is 12.0. The summed E-state index contributed by atoms with van der Waals surface area (Å²) in [5.41, 5.74) is 4.82. The maximum Gasteiger partial charge on any atom is 0.191 e. The maximum absolute atomic E-state index is 6.03. The van der Waals surface area contributed by atoms with Crippen molar-refractivity contribution in [2.24, 2.45) is 12.0 Å². The van der Waals surface area contributed by atoms with Crippen LogP contribution >= 0.6 is 11.6 Å². The molecule has 0 saturated carbocycles. The normalized spacial score (nSPS) is 11.6. The Morgan fingerprint density at radius 1 is 1.24 bits per heavy atom. The highest BCUT2D eigenvalue weighted by molar-refractivity contribution is 6.30. The molecule has 5 nitrogen and oxygen atoms in total. The van der Waals surface area contributed by atoms with Gasteiger partial charge in [-0.25, -0.2) is 0 Å². The van der Waals surface area contributed by atoms with Gasteiger partial charge in [0, 0.05) is 37.4 Å². The van der Waals surface area contributed by atoms with Crippen molar-refractivity contribution in [2.75, 3.05) is 19.6 Å². The van der Waals surface area contributed by atoms with E-state index in [9.17, 15) is 0 Å². The number of nitrogens with one attached hydrogen (secondary N) is 2. The van der Waals surface area contributed by atoms with Gasteiger partial charge in [-0.1, -0.05) is 23.7 Å². The fourth-order valence-electron chi connectivity index (χ4n) is 2.82. The molecule has 6 heteroatoms. The van der Waals surface area contributed by atoms with E-state index in [1.807, 2.05) is 29.9 Å². The zero-order valence-corrected chi connectivity index (χ0v) is 16.3. The van der Waals surface area contributed by atoms with Gasteiger partial charge in [0.2, 0.25) is 0 Å². The van der Waals surface area contributed by atoms with Gasteiger partial charge in [0.05, 0.1) is 5.69 Å². The minimum Gasteiger partial charge on any atom is -0.357 e. The number of guanidine groups is 1. The van der Waals surface area contributed by atoms with Crippen molar-refractivity contribution in [1.82, 2.24) is 20.4 Å². The first kappa shape index (κ1) is 19.3. The first-order valence-corrected chi connectivity index (χ1v) is 9.14. The highest BCUT2D eigenvalue weighted by atomic mass is 35.5. The van der Waals surface area contributed by atoms with Crippen molar-refractivity contribution >= 4 is 17.6 Å². The van der Waals surface area contributed by atoms with E-state index >= 15 is 0 Å². The molecule has 0 bridgehead atoms. The minimum atomic E-state index is 0.736. The number of nitrogens with zero attached hydrogens (tertiary/aromatic N) is 3. The molecule has 0 unspecified atom stereocenters. The van der Waals surface area contributed by atoms with Gasteiger partial charge in [-0.15, -0.1) is 0 Å². The van der Waals surface area contributed by atoms with Crippen LogP contribution in [0.4, 0.5) is 0 Å². The monoisotopic (exact) mass is 361 g/mol.